The maximum atomic E-state index is 11.9. The third kappa shape index (κ3) is 2.15. The number of nitrogens with zero attached hydrogens (tertiary/aromatic N) is 2. The van der Waals surface area contributed by atoms with Crippen LogP contribution in [0.15, 0.2) is 10.6 Å². The first-order valence-corrected chi connectivity index (χ1v) is 5.22. The van der Waals surface area contributed by atoms with Crippen molar-refractivity contribution in [3.05, 3.63) is 23.0 Å². The van der Waals surface area contributed by atoms with Crippen molar-refractivity contribution < 1.29 is 19.2 Å². The van der Waals surface area contributed by atoms with Gasteiger partial charge in [0.1, 0.15) is 6.54 Å². The van der Waals surface area contributed by atoms with E-state index >= 15 is 0 Å². The second-order valence-electron chi connectivity index (χ2n) is 3.84. The predicted molar refractivity (Wildman–Crippen MR) is 61.2 cm³/mol. The molecule has 2 N–H and O–H groups in total. The lowest BCUT2D eigenvalue weighted by Gasteiger charge is -2.04. The molecule has 2 aromatic heterocycles. The van der Waals surface area contributed by atoms with Crippen LogP contribution >= 0.6 is 0 Å². The number of aryl methyl sites for hydroxylation is 2. The highest BCUT2D eigenvalue weighted by atomic mass is 16.5. The summed E-state index contributed by atoms with van der Waals surface area (Å²) in [5.41, 5.74) is 1.72. The van der Waals surface area contributed by atoms with Crippen molar-refractivity contribution in [2.45, 2.75) is 13.8 Å². The molecule has 2 rings (SSSR count). The average Bonchev–Trinajstić information content (AvgIpc) is 2.66. The second kappa shape index (κ2) is 4.44. The van der Waals surface area contributed by atoms with Gasteiger partial charge in [-0.25, -0.2) is 4.98 Å². The van der Waals surface area contributed by atoms with Crippen molar-refractivity contribution in [2.75, 3.05) is 6.54 Å². The summed E-state index contributed by atoms with van der Waals surface area (Å²) in [7, 11) is 0. The molecule has 0 aliphatic rings. The molecule has 0 saturated heterocycles. The van der Waals surface area contributed by atoms with Crippen LogP contribution in [0.25, 0.3) is 11.1 Å². The van der Waals surface area contributed by atoms with Crippen LogP contribution < -0.4 is 5.32 Å². The minimum absolute atomic E-state index is 0.271. The van der Waals surface area contributed by atoms with E-state index in [-0.39, 0.29) is 5.71 Å². The van der Waals surface area contributed by atoms with E-state index in [9.17, 15) is 9.59 Å². The fourth-order valence-corrected chi connectivity index (χ4v) is 1.65. The van der Waals surface area contributed by atoms with Crippen molar-refractivity contribution in [1.29, 1.82) is 0 Å². The monoisotopic (exact) mass is 249 g/mol. The number of pyridine rings is 1. The van der Waals surface area contributed by atoms with E-state index in [4.69, 9.17) is 9.63 Å². The number of hydrogen-bond donors (Lipinski definition) is 2. The van der Waals surface area contributed by atoms with E-state index in [1.807, 2.05) is 0 Å². The maximum Gasteiger partial charge on any atom is 0.322 e. The number of hydrogen-bond acceptors (Lipinski definition) is 5. The van der Waals surface area contributed by atoms with Gasteiger partial charge in [0.15, 0.2) is 0 Å². The minimum atomic E-state index is -1.10. The van der Waals surface area contributed by atoms with Crippen LogP contribution in [0.3, 0.4) is 0 Å². The fourth-order valence-electron chi connectivity index (χ4n) is 1.65. The molecule has 7 heteroatoms. The number of fused-ring (bicyclic) bond motifs is 1. The molecule has 0 radical (unpaired) electrons. The highest BCUT2D eigenvalue weighted by Crippen LogP contribution is 2.21. The van der Waals surface area contributed by atoms with E-state index in [0.29, 0.717) is 22.3 Å². The lowest BCUT2D eigenvalue weighted by molar-refractivity contribution is -0.135. The third-order valence-electron chi connectivity index (χ3n) is 2.39. The number of carbonyl (C=O) groups excluding carboxylic acids is 1. The average molecular weight is 249 g/mol. The van der Waals surface area contributed by atoms with Crippen LogP contribution in [-0.4, -0.2) is 33.7 Å². The molecule has 0 unspecified atom stereocenters. The van der Waals surface area contributed by atoms with Gasteiger partial charge in [0.05, 0.1) is 16.6 Å². The van der Waals surface area contributed by atoms with Crippen molar-refractivity contribution in [1.82, 2.24) is 15.5 Å². The Morgan fingerprint density at radius 1 is 1.44 bits per heavy atom. The van der Waals surface area contributed by atoms with E-state index in [1.54, 1.807) is 19.9 Å². The SMILES string of the molecule is Cc1cc(C(=O)NCC(=O)O)c2c(C)noc2n1. The summed E-state index contributed by atoms with van der Waals surface area (Å²) in [6, 6.07) is 1.57. The molecule has 7 nitrogen and oxygen atoms in total. The molecule has 0 bridgehead atoms. The Morgan fingerprint density at radius 3 is 2.83 bits per heavy atom. The summed E-state index contributed by atoms with van der Waals surface area (Å²) in [6.45, 7) is 2.97. The first-order chi connectivity index (χ1) is 8.49. The number of nitrogens with one attached hydrogen (secondary N) is 1. The Kier molecular flexibility index (Phi) is 2.97. The number of aliphatic carboxylic acids is 1. The Bertz CT molecular complexity index is 632. The molecule has 0 fully saturated rings. The number of carbonyl (C=O) groups is 2. The number of rotatable bonds is 3. The van der Waals surface area contributed by atoms with Gasteiger partial charge in [-0.3, -0.25) is 9.59 Å². The van der Waals surface area contributed by atoms with Crippen LogP contribution in [0.1, 0.15) is 21.7 Å². The summed E-state index contributed by atoms with van der Waals surface area (Å²) < 4.78 is 4.99. The molecule has 0 spiro atoms. The van der Waals surface area contributed by atoms with Crippen LogP contribution in [0.2, 0.25) is 0 Å². The molecule has 2 aromatic rings. The molecule has 94 valence electrons. The van der Waals surface area contributed by atoms with Gasteiger partial charge >= 0.3 is 5.97 Å². The Hall–Kier alpha value is -2.44. The fraction of sp³-hybridized carbons (Fsp3) is 0.273. The van der Waals surface area contributed by atoms with Crippen LogP contribution in [0.5, 0.6) is 0 Å². The highest BCUT2D eigenvalue weighted by molar-refractivity contribution is 6.06. The normalized spacial score (nSPS) is 10.6. The molecule has 1 amide bonds. The zero-order valence-corrected chi connectivity index (χ0v) is 9.85. The van der Waals surface area contributed by atoms with E-state index < -0.39 is 18.4 Å². The van der Waals surface area contributed by atoms with Crippen LogP contribution in [0, 0.1) is 13.8 Å². The second-order valence-corrected chi connectivity index (χ2v) is 3.84. The molecule has 0 aromatic carbocycles. The maximum absolute atomic E-state index is 11.9. The predicted octanol–water partition coefficient (Wildman–Crippen LogP) is 0.654. The number of carboxylic acids is 1. The van der Waals surface area contributed by atoms with Crippen LogP contribution in [-0.2, 0) is 4.79 Å². The van der Waals surface area contributed by atoms with Crippen LogP contribution in [0.4, 0.5) is 0 Å². The van der Waals surface area contributed by atoms with E-state index in [2.05, 4.69) is 15.5 Å². The standard InChI is InChI=1S/C11H11N3O4/c1-5-3-7(10(17)12-4-8(15)16)9-6(2)14-18-11(9)13-5/h3H,4H2,1-2H3,(H,12,17)(H,15,16). The highest BCUT2D eigenvalue weighted by Gasteiger charge is 2.17. The van der Waals surface area contributed by atoms with Gasteiger partial charge in [-0.2, -0.15) is 0 Å². The summed E-state index contributed by atoms with van der Waals surface area (Å²) >= 11 is 0. The molecule has 2 heterocycles. The van der Waals surface area contributed by atoms with Crippen molar-refractivity contribution in [3.8, 4) is 0 Å². The summed E-state index contributed by atoms with van der Waals surface area (Å²) in [5, 5.41) is 15.1. The number of amides is 1. The topological polar surface area (TPSA) is 105 Å². The Morgan fingerprint density at radius 2 is 2.17 bits per heavy atom. The largest absolute Gasteiger partial charge is 0.480 e. The third-order valence-corrected chi connectivity index (χ3v) is 2.39. The minimum Gasteiger partial charge on any atom is -0.480 e. The van der Waals surface area contributed by atoms with Gasteiger partial charge in [-0.1, -0.05) is 5.16 Å². The summed E-state index contributed by atoms with van der Waals surface area (Å²) in [4.78, 5) is 26.4. The quantitative estimate of drug-likeness (QED) is 0.827. The molecular weight excluding hydrogens is 238 g/mol. The van der Waals surface area contributed by atoms with Gasteiger partial charge in [0.25, 0.3) is 11.6 Å². The molecule has 0 saturated carbocycles. The Labute approximate surface area is 102 Å². The van der Waals surface area contributed by atoms with Gasteiger partial charge in [-0.05, 0) is 19.9 Å². The van der Waals surface area contributed by atoms with E-state index in [1.165, 1.54) is 0 Å². The summed E-state index contributed by atoms with van der Waals surface area (Å²) in [5.74, 6) is -1.59. The first kappa shape index (κ1) is 12.0. The number of carboxylic acid groups (broad SMARTS) is 1. The van der Waals surface area contributed by atoms with Gasteiger partial charge < -0.3 is 14.9 Å². The molecule has 0 atom stereocenters. The number of aromatic nitrogens is 2. The molecule has 0 aliphatic heterocycles. The smallest absolute Gasteiger partial charge is 0.322 e. The zero-order valence-electron chi connectivity index (χ0n) is 9.85. The van der Waals surface area contributed by atoms with Gasteiger partial charge in [-0.15, -0.1) is 0 Å². The molecule has 18 heavy (non-hydrogen) atoms. The van der Waals surface area contributed by atoms with E-state index in [0.717, 1.165) is 0 Å². The van der Waals surface area contributed by atoms with Gasteiger partial charge in [0.2, 0.25) is 0 Å². The molecular formula is C11H11N3O4. The zero-order chi connectivity index (χ0) is 13.3. The van der Waals surface area contributed by atoms with Crippen molar-refractivity contribution in [3.63, 3.8) is 0 Å². The molecule has 0 aliphatic carbocycles. The summed E-state index contributed by atoms with van der Waals surface area (Å²) in [6.07, 6.45) is 0. The van der Waals surface area contributed by atoms with Crippen molar-refractivity contribution >= 4 is 23.0 Å². The van der Waals surface area contributed by atoms with Crippen molar-refractivity contribution in [2.24, 2.45) is 0 Å². The lowest BCUT2D eigenvalue weighted by Crippen LogP contribution is -2.29. The van der Waals surface area contributed by atoms with Gasteiger partial charge in [0, 0.05) is 5.69 Å². The lowest BCUT2D eigenvalue weighted by atomic mass is 10.1. The first-order valence-electron chi connectivity index (χ1n) is 5.22. The Balaban J connectivity index is 2.45.